The van der Waals surface area contributed by atoms with Gasteiger partial charge in [-0.05, 0) is 54.7 Å². The Morgan fingerprint density at radius 2 is 1.67 bits per heavy atom. The lowest BCUT2D eigenvalue weighted by atomic mass is 10.0. The highest BCUT2D eigenvalue weighted by Gasteiger charge is 2.11. The van der Waals surface area contributed by atoms with Gasteiger partial charge in [-0.3, -0.25) is 0 Å². The fourth-order valence-electron chi connectivity index (χ4n) is 2.24. The third kappa shape index (κ3) is 3.78. The number of ether oxygens (including phenoxy) is 1. The molecule has 2 aromatic rings. The molecule has 0 fully saturated rings. The van der Waals surface area contributed by atoms with Crippen molar-refractivity contribution in [2.45, 2.75) is 39.7 Å². The van der Waals surface area contributed by atoms with Crippen molar-refractivity contribution >= 4 is 11.6 Å². The summed E-state index contributed by atoms with van der Waals surface area (Å²) in [6, 6.07) is 11.6. The number of hydrogen-bond acceptors (Lipinski definition) is 2. The van der Waals surface area contributed by atoms with Gasteiger partial charge in [0.2, 0.25) is 0 Å². The van der Waals surface area contributed by atoms with Gasteiger partial charge in [-0.15, -0.1) is 0 Å². The molecule has 0 aliphatic carbocycles. The summed E-state index contributed by atoms with van der Waals surface area (Å²) in [5.74, 6) is 1.91. The van der Waals surface area contributed by atoms with Crippen LogP contribution in [0.5, 0.6) is 11.5 Å². The van der Waals surface area contributed by atoms with E-state index in [0.717, 1.165) is 16.9 Å². The smallest absolute Gasteiger partial charge is 0.131 e. The standard InChI is InChI=1S/C18H21ClO2/c1-11(2)15-7-5-12(3)9-18(15)21-14-6-8-16(13(4)20)17(19)10-14/h5-11,13,20H,1-4H3. The SMILES string of the molecule is Cc1ccc(C(C)C)c(Oc2ccc(C(C)O)c(Cl)c2)c1. The number of halogens is 1. The van der Waals surface area contributed by atoms with Crippen LogP contribution in [0.2, 0.25) is 5.02 Å². The van der Waals surface area contributed by atoms with Gasteiger partial charge in [-0.1, -0.05) is 43.6 Å². The molecule has 2 nitrogen and oxygen atoms in total. The van der Waals surface area contributed by atoms with Gasteiger partial charge in [0.05, 0.1) is 11.1 Å². The molecule has 0 heterocycles. The molecule has 0 spiro atoms. The average Bonchev–Trinajstić information content (AvgIpc) is 2.37. The van der Waals surface area contributed by atoms with Crippen molar-refractivity contribution in [3.63, 3.8) is 0 Å². The second kappa shape index (κ2) is 6.50. The quantitative estimate of drug-likeness (QED) is 0.794. The molecule has 0 amide bonds. The maximum absolute atomic E-state index is 9.61. The molecule has 21 heavy (non-hydrogen) atoms. The number of rotatable bonds is 4. The maximum Gasteiger partial charge on any atom is 0.131 e. The summed E-state index contributed by atoms with van der Waals surface area (Å²) in [5, 5.41) is 10.1. The molecule has 2 aromatic carbocycles. The normalized spacial score (nSPS) is 12.5. The van der Waals surface area contributed by atoms with Crippen LogP contribution in [0.1, 0.15) is 49.5 Å². The van der Waals surface area contributed by atoms with E-state index in [0.29, 0.717) is 22.3 Å². The molecule has 0 aliphatic heterocycles. The Labute approximate surface area is 131 Å². The third-order valence-electron chi connectivity index (χ3n) is 3.44. The molecule has 1 unspecified atom stereocenters. The van der Waals surface area contributed by atoms with Crippen LogP contribution >= 0.6 is 11.6 Å². The summed E-state index contributed by atoms with van der Waals surface area (Å²) in [6.45, 7) is 8.02. The second-order valence-corrected chi connectivity index (χ2v) is 6.06. The molecular weight excluding hydrogens is 284 g/mol. The van der Waals surface area contributed by atoms with Crippen molar-refractivity contribution in [2.24, 2.45) is 0 Å². The van der Waals surface area contributed by atoms with Crippen LogP contribution in [0.3, 0.4) is 0 Å². The fourth-order valence-corrected chi connectivity index (χ4v) is 2.57. The number of aliphatic hydroxyl groups is 1. The number of hydrogen-bond donors (Lipinski definition) is 1. The lowest BCUT2D eigenvalue weighted by Crippen LogP contribution is -1.96. The summed E-state index contributed by atoms with van der Waals surface area (Å²) in [4.78, 5) is 0. The van der Waals surface area contributed by atoms with Crippen molar-refractivity contribution in [2.75, 3.05) is 0 Å². The first-order chi connectivity index (χ1) is 9.88. The lowest BCUT2D eigenvalue weighted by Gasteiger charge is -2.16. The zero-order valence-corrected chi connectivity index (χ0v) is 13.6. The van der Waals surface area contributed by atoms with Crippen molar-refractivity contribution in [3.05, 3.63) is 58.1 Å². The van der Waals surface area contributed by atoms with Crippen LogP contribution in [0, 0.1) is 6.92 Å². The van der Waals surface area contributed by atoms with Crippen LogP contribution in [-0.2, 0) is 0 Å². The van der Waals surface area contributed by atoms with E-state index in [1.54, 1.807) is 19.1 Å². The van der Waals surface area contributed by atoms with E-state index in [1.807, 2.05) is 19.1 Å². The summed E-state index contributed by atoms with van der Waals surface area (Å²) >= 11 is 6.18. The predicted octanol–water partition coefficient (Wildman–Crippen LogP) is 5.62. The highest BCUT2D eigenvalue weighted by Crippen LogP contribution is 2.34. The Morgan fingerprint density at radius 1 is 1.00 bits per heavy atom. The number of aryl methyl sites for hydroxylation is 1. The Bertz CT molecular complexity index is 633. The fraction of sp³-hybridized carbons (Fsp3) is 0.333. The largest absolute Gasteiger partial charge is 0.457 e. The van der Waals surface area contributed by atoms with E-state index in [4.69, 9.17) is 16.3 Å². The topological polar surface area (TPSA) is 29.5 Å². The molecule has 0 aromatic heterocycles. The van der Waals surface area contributed by atoms with Crippen molar-refractivity contribution < 1.29 is 9.84 Å². The summed E-state index contributed by atoms with van der Waals surface area (Å²) in [5.41, 5.74) is 3.02. The first-order valence-corrected chi connectivity index (χ1v) is 7.52. The Morgan fingerprint density at radius 3 is 2.24 bits per heavy atom. The molecule has 112 valence electrons. The molecule has 0 saturated carbocycles. The molecule has 0 bridgehead atoms. The molecule has 3 heteroatoms. The zero-order chi connectivity index (χ0) is 15.6. The van der Waals surface area contributed by atoms with Gasteiger partial charge in [-0.25, -0.2) is 0 Å². The monoisotopic (exact) mass is 304 g/mol. The minimum Gasteiger partial charge on any atom is -0.457 e. The highest BCUT2D eigenvalue weighted by atomic mass is 35.5. The minimum atomic E-state index is -0.586. The van der Waals surface area contributed by atoms with Crippen LogP contribution in [0.15, 0.2) is 36.4 Å². The predicted molar refractivity (Wildman–Crippen MR) is 87.4 cm³/mol. The maximum atomic E-state index is 9.61. The van der Waals surface area contributed by atoms with Crippen molar-refractivity contribution in [1.29, 1.82) is 0 Å². The van der Waals surface area contributed by atoms with E-state index in [1.165, 1.54) is 0 Å². The molecule has 0 radical (unpaired) electrons. The van der Waals surface area contributed by atoms with Gasteiger partial charge in [0, 0.05) is 0 Å². The van der Waals surface area contributed by atoms with Gasteiger partial charge in [0.15, 0.2) is 0 Å². The van der Waals surface area contributed by atoms with Crippen molar-refractivity contribution in [1.82, 2.24) is 0 Å². The summed E-state index contributed by atoms with van der Waals surface area (Å²) in [7, 11) is 0. The lowest BCUT2D eigenvalue weighted by molar-refractivity contribution is 0.199. The summed E-state index contributed by atoms with van der Waals surface area (Å²) < 4.78 is 6.00. The molecule has 0 saturated heterocycles. The van der Waals surface area contributed by atoms with Crippen LogP contribution in [0.25, 0.3) is 0 Å². The molecular formula is C18H21ClO2. The Hall–Kier alpha value is -1.51. The molecule has 1 atom stereocenters. The van der Waals surface area contributed by atoms with Crippen LogP contribution in [-0.4, -0.2) is 5.11 Å². The Kier molecular flexibility index (Phi) is 4.92. The van der Waals surface area contributed by atoms with Gasteiger partial charge in [-0.2, -0.15) is 0 Å². The highest BCUT2D eigenvalue weighted by molar-refractivity contribution is 6.31. The zero-order valence-electron chi connectivity index (χ0n) is 12.9. The van der Waals surface area contributed by atoms with Gasteiger partial charge in [0.1, 0.15) is 11.5 Å². The first kappa shape index (κ1) is 15.9. The summed E-state index contributed by atoms with van der Waals surface area (Å²) in [6.07, 6.45) is -0.586. The second-order valence-electron chi connectivity index (χ2n) is 5.66. The number of aliphatic hydroxyl groups excluding tert-OH is 1. The first-order valence-electron chi connectivity index (χ1n) is 7.14. The molecule has 0 aliphatic rings. The van der Waals surface area contributed by atoms with E-state index in [-0.39, 0.29) is 0 Å². The van der Waals surface area contributed by atoms with Crippen molar-refractivity contribution in [3.8, 4) is 11.5 Å². The Balaban J connectivity index is 2.34. The van der Waals surface area contributed by atoms with E-state index < -0.39 is 6.10 Å². The average molecular weight is 305 g/mol. The van der Waals surface area contributed by atoms with Gasteiger partial charge in [0.25, 0.3) is 0 Å². The third-order valence-corrected chi connectivity index (χ3v) is 3.77. The van der Waals surface area contributed by atoms with Crippen LogP contribution in [0.4, 0.5) is 0 Å². The number of benzene rings is 2. The minimum absolute atomic E-state index is 0.382. The van der Waals surface area contributed by atoms with Crippen LogP contribution < -0.4 is 4.74 Å². The molecule has 2 rings (SSSR count). The van der Waals surface area contributed by atoms with E-state index >= 15 is 0 Å². The van der Waals surface area contributed by atoms with E-state index in [9.17, 15) is 5.11 Å². The van der Waals surface area contributed by atoms with Gasteiger partial charge >= 0.3 is 0 Å². The molecule has 1 N–H and O–H groups in total. The van der Waals surface area contributed by atoms with E-state index in [2.05, 4.69) is 26.0 Å². The van der Waals surface area contributed by atoms with Gasteiger partial charge < -0.3 is 9.84 Å².